The van der Waals surface area contributed by atoms with Crippen LogP contribution in [0, 0.1) is 13.8 Å². The minimum atomic E-state index is -0.173. The third-order valence-electron chi connectivity index (χ3n) is 4.21. The largest absolute Gasteiger partial charge is 0.308 e. The lowest BCUT2D eigenvalue weighted by Gasteiger charge is -2.21. The number of hydrogen-bond acceptors (Lipinski definition) is 5. The highest BCUT2D eigenvalue weighted by Gasteiger charge is 2.25. The van der Waals surface area contributed by atoms with Gasteiger partial charge in [0.25, 0.3) is 5.91 Å². The lowest BCUT2D eigenvalue weighted by Crippen LogP contribution is -2.36. The molecule has 0 fully saturated rings. The number of fused-ring (bicyclic) bond motifs is 1. The van der Waals surface area contributed by atoms with E-state index in [-0.39, 0.29) is 18.3 Å². The first-order valence-corrected chi connectivity index (χ1v) is 10.4. The van der Waals surface area contributed by atoms with Crippen molar-refractivity contribution in [1.29, 1.82) is 0 Å². The Balaban J connectivity index is 0.00000261. The highest BCUT2D eigenvalue weighted by molar-refractivity contribution is 7.22. The van der Waals surface area contributed by atoms with Crippen LogP contribution >= 0.6 is 58.3 Å². The Hall–Kier alpha value is -0.890. The summed E-state index contributed by atoms with van der Waals surface area (Å²) in [4.78, 5) is 21.7. The van der Waals surface area contributed by atoms with Crippen molar-refractivity contribution in [3.05, 3.63) is 43.6 Å². The zero-order valence-corrected chi connectivity index (χ0v) is 19.3. The average molecular weight is 465 g/mol. The first-order valence-electron chi connectivity index (χ1n) is 8.06. The summed E-state index contributed by atoms with van der Waals surface area (Å²) in [5.74, 6) is -0.173. The Bertz CT molecular complexity index is 968. The number of aryl methyl sites for hydroxylation is 2. The predicted octanol–water partition coefficient (Wildman–Crippen LogP) is 5.91. The molecule has 1 amide bonds. The van der Waals surface area contributed by atoms with Crippen LogP contribution in [0.1, 0.15) is 21.5 Å². The Morgan fingerprint density at radius 3 is 2.44 bits per heavy atom. The summed E-state index contributed by atoms with van der Waals surface area (Å²) >= 11 is 15.0. The number of halogens is 3. The average Bonchev–Trinajstić information content (AvgIpc) is 3.14. The maximum atomic E-state index is 13.2. The second kappa shape index (κ2) is 9.07. The molecule has 0 atom stereocenters. The number of nitrogens with zero attached hydrogens (tertiary/aromatic N) is 3. The van der Waals surface area contributed by atoms with Gasteiger partial charge in [-0.3, -0.25) is 9.69 Å². The fourth-order valence-electron chi connectivity index (χ4n) is 2.55. The molecule has 0 N–H and O–H groups in total. The number of amides is 1. The van der Waals surface area contributed by atoms with Crippen molar-refractivity contribution in [2.45, 2.75) is 13.8 Å². The van der Waals surface area contributed by atoms with Crippen LogP contribution in [0.4, 0.5) is 5.13 Å². The van der Waals surface area contributed by atoms with E-state index in [0.717, 1.165) is 22.3 Å². The van der Waals surface area contributed by atoms with Gasteiger partial charge in [0.1, 0.15) is 4.34 Å². The SMILES string of the molecule is Cc1ccc2sc(N(CCN(C)C)C(=O)c3cc(Cl)sc3Cl)nc2c1C.Cl. The first kappa shape index (κ1) is 22.4. The minimum Gasteiger partial charge on any atom is -0.308 e. The smallest absolute Gasteiger partial charge is 0.262 e. The summed E-state index contributed by atoms with van der Waals surface area (Å²) < 4.78 is 1.98. The molecule has 4 nitrogen and oxygen atoms in total. The Morgan fingerprint density at radius 1 is 1.15 bits per heavy atom. The van der Waals surface area contributed by atoms with Gasteiger partial charge in [0.2, 0.25) is 0 Å². The fraction of sp³-hybridized carbons (Fsp3) is 0.333. The lowest BCUT2D eigenvalue weighted by molar-refractivity contribution is 0.0986. The zero-order chi connectivity index (χ0) is 19.0. The zero-order valence-electron chi connectivity index (χ0n) is 15.4. The van der Waals surface area contributed by atoms with Crippen molar-refractivity contribution in [1.82, 2.24) is 9.88 Å². The van der Waals surface area contributed by atoms with Crippen molar-refractivity contribution >= 4 is 79.5 Å². The van der Waals surface area contributed by atoms with Crippen LogP contribution in [0.25, 0.3) is 10.2 Å². The second-order valence-corrected chi connectivity index (χ2v) is 9.64. The number of benzene rings is 1. The molecular weight excluding hydrogens is 445 g/mol. The number of carbonyl (C=O) groups excluding carboxylic acids is 1. The molecule has 0 saturated heterocycles. The highest BCUT2D eigenvalue weighted by atomic mass is 35.5. The third kappa shape index (κ3) is 4.75. The van der Waals surface area contributed by atoms with Gasteiger partial charge in [-0.25, -0.2) is 4.98 Å². The van der Waals surface area contributed by atoms with Gasteiger partial charge in [-0.1, -0.05) is 40.6 Å². The van der Waals surface area contributed by atoms with Crippen molar-refractivity contribution in [3.8, 4) is 0 Å². The fourth-order valence-corrected chi connectivity index (χ4v) is 5.04. The van der Waals surface area contributed by atoms with Crippen molar-refractivity contribution < 1.29 is 4.79 Å². The van der Waals surface area contributed by atoms with Gasteiger partial charge >= 0.3 is 0 Å². The molecule has 3 aromatic rings. The quantitative estimate of drug-likeness (QED) is 0.471. The minimum absolute atomic E-state index is 0. The molecular formula is C18H20Cl3N3OS2. The lowest BCUT2D eigenvalue weighted by atomic mass is 10.1. The van der Waals surface area contributed by atoms with Crippen LogP contribution in [0.5, 0.6) is 0 Å². The Labute approximate surface area is 183 Å². The van der Waals surface area contributed by atoms with Crippen LogP contribution < -0.4 is 4.90 Å². The maximum absolute atomic E-state index is 13.2. The molecule has 0 bridgehead atoms. The van der Waals surface area contributed by atoms with Crippen LogP contribution in [0.3, 0.4) is 0 Å². The molecule has 2 heterocycles. The van der Waals surface area contributed by atoms with Gasteiger partial charge in [0.05, 0.1) is 20.1 Å². The number of anilines is 1. The van der Waals surface area contributed by atoms with Crippen LogP contribution in [-0.2, 0) is 0 Å². The van der Waals surface area contributed by atoms with Gasteiger partial charge in [0, 0.05) is 13.1 Å². The molecule has 0 spiro atoms. The summed E-state index contributed by atoms with van der Waals surface area (Å²) in [7, 11) is 3.95. The molecule has 2 aromatic heterocycles. The standard InChI is InChI=1S/C18H19Cl2N3OS2.ClH/c1-10-5-6-13-15(11(10)2)21-18(25-13)23(8-7-22(3)4)17(24)12-9-14(19)26-16(12)20;/h5-6,9H,7-8H2,1-4H3;1H. The van der Waals surface area contributed by atoms with E-state index in [1.165, 1.54) is 28.2 Å². The molecule has 0 aliphatic rings. The van der Waals surface area contributed by atoms with Crippen LogP contribution in [0.2, 0.25) is 8.67 Å². The summed E-state index contributed by atoms with van der Waals surface area (Å²) in [5, 5.41) is 0.680. The summed E-state index contributed by atoms with van der Waals surface area (Å²) in [6, 6.07) is 5.77. The van der Waals surface area contributed by atoms with Gasteiger partial charge in [-0.15, -0.1) is 23.7 Å². The van der Waals surface area contributed by atoms with Gasteiger partial charge in [-0.05, 0) is 51.2 Å². The molecule has 146 valence electrons. The third-order valence-corrected chi connectivity index (χ3v) is 6.74. The van der Waals surface area contributed by atoms with E-state index >= 15 is 0 Å². The van der Waals surface area contributed by atoms with E-state index in [0.29, 0.717) is 25.9 Å². The number of aromatic nitrogens is 1. The number of likely N-dealkylation sites (N-methyl/N-ethyl adjacent to an activating group) is 1. The van der Waals surface area contributed by atoms with E-state index < -0.39 is 0 Å². The topological polar surface area (TPSA) is 36.4 Å². The van der Waals surface area contributed by atoms with Crippen molar-refractivity contribution in [2.24, 2.45) is 0 Å². The number of thiazole rings is 1. The molecule has 0 radical (unpaired) electrons. The van der Waals surface area contributed by atoms with Gasteiger partial charge in [0.15, 0.2) is 5.13 Å². The summed E-state index contributed by atoms with van der Waals surface area (Å²) in [5.41, 5.74) is 3.70. The van der Waals surface area contributed by atoms with Crippen LogP contribution in [-0.4, -0.2) is 43.0 Å². The first-order chi connectivity index (χ1) is 12.3. The number of carbonyl (C=O) groups is 1. The van der Waals surface area contributed by atoms with Gasteiger partial charge < -0.3 is 4.90 Å². The molecule has 9 heteroatoms. The molecule has 0 aliphatic carbocycles. The maximum Gasteiger partial charge on any atom is 0.262 e. The van der Waals surface area contributed by atoms with E-state index in [4.69, 9.17) is 28.2 Å². The predicted molar refractivity (Wildman–Crippen MR) is 121 cm³/mol. The number of thiophene rings is 1. The monoisotopic (exact) mass is 463 g/mol. The molecule has 1 aromatic carbocycles. The molecule has 3 rings (SSSR count). The van der Waals surface area contributed by atoms with Gasteiger partial charge in [-0.2, -0.15) is 0 Å². The summed E-state index contributed by atoms with van der Waals surface area (Å²) in [6.07, 6.45) is 0. The highest BCUT2D eigenvalue weighted by Crippen LogP contribution is 2.36. The van der Waals surface area contributed by atoms with Crippen molar-refractivity contribution in [3.63, 3.8) is 0 Å². The number of rotatable bonds is 5. The van der Waals surface area contributed by atoms with Crippen LogP contribution in [0.15, 0.2) is 18.2 Å². The molecule has 0 unspecified atom stereocenters. The molecule has 27 heavy (non-hydrogen) atoms. The molecule has 0 aliphatic heterocycles. The number of hydrogen-bond donors (Lipinski definition) is 0. The Morgan fingerprint density at radius 2 is 1.85 bits per heavy atom. The second-order valence-electron chi connectivity index (χ2n) is 6.35. The summed E-state index contributed by atoms with van der Waals surface area (Å²) in [6.45, 7) is 5.36. The normalized spacial score (nSPS) is 11.1. The molecule has 0 saturated carbocycles. The van der Waals surface area contributed by atoms with Crippen molar-refractivity contribution in [2.75, 3.05) is 32.1 Å². The van der Waals surface area contributed by atoms with E-state index in [2.05, 4.69) is 26.0 Å². The van der Waals surface area contributed by atoms with E-state index in [9.17, 15) is 4.79 Å². The van der Waals surface area contributed by atoms with E-state index in [1.54, 1.807) is 11.0 Å². The Kier molecular flexibility index (Phi) is 7.53. The van der Waals surface area contributed by atoms with E-state index in [1.807, 2.05) is 19.0 Å².